The lowest BCUT2D eigenvalue weighted by Crippen LogP contribution is -2.33. The number of nitrogens with zero attached hydrogens (tertiary/aromatic N) is 3. The molecule has 1 saturated carbocycles. The molecule has 0 aromatic rings. The highest BCUT2D eigenvalue weighted by molar-refractivity contribution is 5.89. The van der Waals surface area contributed by atoms with Crippen LogP contribution in [-0.2, 0) is 9.59 Å². The Morgan fingerprint density at radius 1 is 1.27 bits per heavy atom. The Balaban J connectivity index is 2.56. The van der Waals surface area contributed by atoms with Gasteiger partial charge in [-0.3, -0.25) is 9.59 Å². The minimum Gasteiger partial charge on any atom is -0.481 e. The Morgan fingerprint density at radius 2 is 1.80 bits per heavy atom. The topological polar surface area (TPSA) is 105 Å². The summed E-state index contributed by atoms with van der Waals surface area (Å²) in [6.45, 7) is -0.343. The Morgan fingerprint density at radius 3 is 2.13 bits per heavy atom. The molecule has 2 unspecified atom stereocenters. The fourth-order valence-electron chi connectivity index (χ4n) is 1.36. The molecule has 0 aromatic carbocycles. The fraction of sp³-hybridized carbons (Fsp3) is 0.556. The van der Waals surface area contributed by atoms with Crippen molar-refractivity contribution in [3.05, 3.63) is 0 Å². The van der Waals surface area contributed by atoms with Crippen LogP contribution in [0.3, 0.4) is 0 Å². The van der Waals surface area contributed by atoms with Crippen LogP contribution in [0.15, 0.2) is 0 Å². The Labute approximate surface area is 86.3 Å². The van der Waals surface area contributed by atoms with E-state index < -0.39 is 23.7 Å². The predicted molar refractivity (Wildman–Crippen MR) is 47.0 cm³/mol. The van der Waals surface area contributed by atoms with Crippen molar-refractivity contribution < 1.29 is 14.7 Å². The van der Waals surface area contributed by atoms with Gasteiger partial charge in [0.05, 0.1) is 24.0 Å². The molecule has 0 bridgehead atoms. The van der Waals surface area contributed by atoms with Gasteiger partial charge in [0.2, 0.25) is 5.91 Å². The van der Waals surface area contributed by atoms with Crippen molar-refractivity contribution in [1.29, 1.82) is 10.5 Å². The lowest BCUT2D eigenvalue weighted by Gasteiger charge is -2.14. The number of rotatable bonds is 4. The molecule has 6 nitrogen and oxygen atoms in total. The summed E-state index contributed by atoms with van der Waals surface area (Å²) in [5.41, 5.74) is 0. The zero-order valence-electron chi connectivity index (χ0n) is 7.88. The molecule has 0 spiro atoms. The number of hydrogen-bond donors (Lipinski definition) is 1. The maximum absolute atomic E-state index is 11.6. The van der Waals surface area contributed by atoms with Crippen molar-refractivity contribution in [3.8, 4) is 12.1 Å². The van der Waals surface area contributed by atoms with Gasteiger partial charge in [0.25, 0.3) is 0 Å². The average Bonchev–Trinajstić information content (AvgIpc) is 2.96. The van der Waals surface area contributed by atoms with Gasteiger partial charge in [-0.1, -0.05) is 0 Å². The van der Waals surface area contributed by atoms with Gasteiger partial charge in [-0.05, 0) is 6.42 Å². The zero-order valence-corrected chi connectivity index (χ0v) is 7.88. The number of carboxylic acid groups (broad SMARTS) is 1. The van der Waals surface area contributed by atoms with Gasteiger partial charge in [-0.15, -0.1) is 0 Å². The molecule has 78 valence electrons. The molecule has 1 amide bonds. The SMILES string of the molecule is N#CCN(CC#N)C(=O)C1CC1C(=O)O. The van der Waals surface area contributed by atoms with Crippen molar-refractivity contribution >= 4 is 11.9 Å². The summed E-state index contributed by atoms with van der Waals surface area (Å²) in [6, 6.07) is 3.53. The minimum absolute atomic E-state index is 0.171. The second kappa shape index (κ2) is 4.43. The Kier molecular flexibility index (Phi) is 3.25. The van der Waals surface area contributed by atoms with Crippen LogP contribution in [0, 0.1) is 34.5 Å². The van der Waals surface area contributed by atoms with Crippen LogP contribution in [0.1, 0.15) is 6.42 Å². The molecule has 1 N–H and O–H groups in total. The van der Waals surface area contributed by atoms with E-state index in [1.807, 2.05) is 0 Å². The third-order valence-electron chi connectivity index (χ3n) is 2.26. The van der Waals surface area contributed by atoms with E-state index in [4.69, 9.17) is 15.6 Å². The van der Waals surface area contributed by atoms with Gasteiger partial charge >= 0.3 is 5.97 Å². The number of carbonyl (C=O) groups is 2. The molecule has 0 aromatic heterocycles. The molecule has 1 fully saturated rings. The normalized spacial score (nSPS) is 22.3. The van der Waals surface area contributed by atoms with Gasteiger partial charge in [0.15, 0.2) is 0 Å². The van der Waals surface area contributed by atoms with Gasteiger partial charge < -0.3 is 10.0 Å². The predicted octanol–water partition coefficient (Wildman–Crippen LogP) is -0.417. The van der Waals surface area contributed by atoms with Crippen LogP contribution in [0.4, 0.5) is 0 Å². The summed E-state index contributed by atoms with van der Waals surface area (Å²) in [5, 5.41) is 25.5. The summed E-state index contributed by atoms with van der Waals surface area (Å²) < 4.78 is 0. The highest BCUT2D eigenvalue weighted by Gasteiger charge is 2.49. The van der Waals surface area contributed by atoms with E-state index in [1.54, 1.807) is 12.1 Å². The van der Waals surface area contributed by atoms with E-state index in [9.17, 15) is 9.59 Å². The number of carbonyl (C=O) groups excluding carboxylic acids is 1. The molecule has 0 radical (unpaired) electrons. The van der Waals surface area contributed by atoms with Gasteiger partial charge in [0, 0.05) is 0 Å². The van der Waals surface area contributed by atoms with E-state index in [-0.39, 0.29) is 13.1 Å². The minimum atomic E-state index is -0.998. The number of aliphatic carboxylic acids is 1. The molecular weight excluding hydrogens is 198 g/mol. The van der Waals surface area contributed by atoms with Gasteiger partial charge in [0.1, 0.15) is 13.1 Å². The molecule has 1 aliphatic carbocycles. The average molecular weight is 207 g/mol. The highest BCUT2D eigenvalue weighted by atomic mass is 16.4. The summed E-state index contributed by atoms with van der Waals surface area (Å²) in [6.07, 6.45) is 0.307. The maximum Gasteiger partial charge on any atom is 0.307 e. The van der Waals surface area contributed by atoms with E-state index in [0.29, 0.717) is 6.42 Å². The largest absolute Gasteiger partial charge is 0.481 e. The smallest absolute Gasteiger partial charge is 0.307 e. The number of amides is 1. The van der Waals surface area contributed by atoms with Crippen LogP contribution < -0.4 is 0 Å². The highest BCUT2D eigenvalue weighted by Crippen LogP contribution is 2.39. The maximum atomic E-state index is 11.6. The van der Waals surface area contributed by atoms with Crippen molar-refractivity contribution in [3.63, 3.8) is 0 Å². The monoisotopic (exact) mass is 207 g/mol. The van der Waals surface area contributed by atoms with Crippen LogP contribution in [-0.4, -0.2) is 35.0 Å². The fourth-order valence-corrected chi connectivity index (χ4v) is 1.36. The van der Waals surface area contributed by atoms with E-state index in [0.717, 1.165) is 4.90 Å². The van der Waals surface area contributed by atoms with Gasteiger partial charge in [-0.25, -0.2) is 0 Å². The number of hydrogen-bond acceptors (Lipinski definition) is 4. The standard InChI is InChI=1S/C9H9N3O3/c10-1-3-12(4-2-11)8(13)6-5-7(6)9(14)15/h6-7H,3-5H2,(H,14,15). The quantitative estimate of drug-likeness (QED) is 0.630. The zero-order chi connectivity index (χ0) is 11.4. The van der Waals surface area contributed by atoms with Crippen LogP contribution in [0.2, 0.25) is 0 Å². The first-order valence-electron chi connectivity index (χ1n) is 4.37. The third kappa shape index (κ3) is 2.44. The first-order chi connectivity index (χ1) is 7.11. The van der Waals surface area contributed by atoms with Gasteiger partial charge in [-0.2, -0.15) is 10.5 Å². The van der Waals surface area contributed by atoms with Crippen molar-refractivity contribution in [2.24, 2.45) is 11.8 Å². The Hall–Kier alpha value is -2.08. The first kappa shape index (κ1) is 11.0. The molecule has 2 atom stereocenters. The Bertz CT molecular complexity index is 350. The molecule has 6 heteroatoms. The summed E-state index contributed by atoms with van der Waals surface area (Å²) >= 11 is 0. The van der Waals surface area contributed by atoms with Crippen molar-refractivity contribution in [2.45, 2.75) is 6.42 Å². The van der Waals surface area contributed by atoms with Crippen molar-refractivity contribution in [2.75, 3.05) is 13.1 Å². The van der Waals surface area contributed by atoms with Crippen LogP contribution >= 0.6 is 0 Å². The second-order valence-corrected chi connectivity index (χ2v) is 3.30. The summed E-state index contributed by atoms with van der Waals surface area (Å²) in [7, 11) is 0. The number of carboxylic acids is 1. The number of nitriles is 2. The first-order valence-corrected chi connectivity index (χ1v) is 4.37. The van der Waals surface area contributed by atoms with Crippen molar-refractivity contribution in [1.82, 2.24) is 4.90 Å². The molecular formula is C9H9N3O3. The molecule has 1 rings (SSSR count). The molecule has 1 aliphatic rings. The van der Waals surface area contributed by atoms with Crippen LogP contribution in [0.5, 0.6) is 0 Å². The molecule has 0 heterocycles. The molecule has 0 aliphatic heterocycles. The molecule has 15 heavy (non-hydrogen) atoms. The third-order valence-corrected chi connectivity index (χ3v) is 2.26. The lowest BCUT2D eigenvalue weighted by molar-refractivity contribution is -0.141. The summed E-state index contributed by atoms with van der Waals surface area (Å²) in [5.74, 6) is -2.60. The van der Waals surface area contributed by atoms with E-state index >= 15 is 0 Å². The second-order valence-electron chi connectivity index (χ2n) is 3.30. The molecule has 0 saturated heterocycles. The van der Waals surface area contributed by atoms with Crippen LogP contribution in [0.25, 0.3) is 0 Å². The summed E-state index contributed by atoms with van der Waals surface area (Å²) in [4.78, 5) is 23.2. The van der Waals surface area contributed by atoms with E-state index in [2.05, 4.69) is 0 Å². The van der Waals surface area contributed by atoms with E-state index in [1.165, 1.54) is 0 Å². The lowest BCUT2D eigenvalue weighted by atomic mass is 10.2.